The van der Waals surface area contributed by atoms with E-state index in [1.807, 2.05) is 48.2 Å². The molecule has 2 N–H and O–H groups in total. The minimum atomic E-state index is -0.717. The fourth-order valence-corrected chi connectivity index (χ4v) is 11.5. The number of rotatable bonds is 10. The van der Waals surface area contributed by atoms with Crippen LogP contribution < -0.4 is 21.9 Å². The highest BCUT2D eigenvalue weighted by Gasteiger charge is 2.32. The number of hydrogen-bond donors (Lipinski definition) is 2. The minimum absolute atomic E-state index is 0.0563. The third kappa shape index (κ3) is 9.28. The van der Waals surface area contributed by atoms with Crippen LogP contribution in [-0.2, 0) is 16.6 Å². The Balaban J connectivity index is 0.738. The maximum atomic E-state index is 16.2. The number of carbonyl (C=O) groups excluding carboxylic acids is 3. The number of pyridine rings is 2. The average Bonchev–Trinajstić information content (AvgIpc) is 3.46. The Morgan fingerprint density at radius 2 is 1.66 bits per heavy atom. The van der Waals surface area contributed by atoms with E-state index in [0.717, 1.165) is 107 Å². The van der Waals surface area contributed by atoms with E-state index in [0.29, 0.717) is 55.0 Å². The molecule has 0 spiro atoms. The van der Waals surface area contributed by atoms with Gasteiger partial charge >= 0.3 is 5.69 Å². The second-order valence-electron chi connectivity index (χ2n) is 19.9. The molecule has 0 aliphatic carbocycles. The van der Waals surface area contributed by atoms with Gasteiger partial charge < -0.3 is 15.1 Å². The molecule has 4 aliphatic heterocycles. The first-order valence-corrected chi connectivity index (χ1v) is 25.1. The molecule has 71 heavy (non-hydrogen) atoms. The average molecular weight is 960 g/mol. The van der Waals surface area contributed by atoms with Crippen LogP contribution in [0.25, 0.3) is 38.8 Å². The van der Waals surface area contributed by atoms with Gasteiger partial charge in [0.05, 0.1) is 22.2 Å². The van der Waals surface area contributed by atoms with Gasteiger partial charge in [0, 0.05) is 113 Å². The Labute approximate surface area is 412 Å². The molecule has 368 valence electrons. The molecule has 2 atom stereocenters. The Morgan fingerprint density at radius 3 is 2.39 bits per heavy atom. The van der Waals surface area contributed by atoms with Gasteiger partial charge in [0.25, 0.3) is 11.5 Å². The van der Waals surface area contributed by atoms with Crippen molar-refractivity contribution in [1.82, 2.24) is 38.7 Å². The third-order valence-electron chi connectivity index (χ3n) is 15.6. The number of nitrogens with one attached hydrogen (secondary N) is 2. The summed E-state index contributed by atoms with van der Waals surface area (Å²) in [6.07, 6.45) is 12.7. The normalized spacial score (nSPS) is 19.1. The number of piperidine rings is 2. The van der Waals surface area contributed by atoms with Crippen molar-refractivity contribution in [3.63, 3.8) is 0 Å². The van der Waals surface area contributed by atoms with Crippen LogP contribution in [0.15, 0.2) is 94.8 Å². The van der Waals surface area contributed by atoms with Gasteiger partial charge in [-0.15, -0.1) is 0 Å². The van der Waals surface area contributed by atoms with Crippen molar-refractivity contribution in [2.45, 2.75) is 77.8 Å². The summed E-state index contributed by atoms with van der Waals surface area (Å²) in [7, 11) is 3.51. The highest BCUT2D eigenvalue weighted by molar-refractivity contribution is 6.00. The van der Waals surface area contributed by atoms with Crippen molar-refractivity contribution in [2.75, 3.05) is 58.2 Å². The topological polar surface area (TPSA) is 147 Å². The molecule has 2 saturated heterocycles. The predicted molar refractivity (Wildman–Crippen MR) is 276 cm³/mol. The molecule has 7 heterocycles. The number of nitrogens with zero attached hydrogens (tertiary/aromatic N) is 7. The second kappa shape index (κ2) is 19.7. The van der Waals surface area contributed by atoms with Gasteiger partial charge in [0.1, 0.15) is 11.9 Å². The Hall–Kier alpha value is -6.97. The number of fused-ring (bicyclic) bond motifs is 2. The van der Waals surface area contributed by atoms with Gasteiger partial charge in [-0.05, 0) is 147 Å². The van der Waals surface area contributed by atoms with Crippen molar-refractivity contribution in [3.8, 4) is 5.69 Å². The molecule has 0 radical (unpaired) electrons. The van der Waals surface area contributed by atoms with Gasteiger partial charge in [-0.25, -0.2) is 9.18 Å². The van der Waals surface area contributed by atoms with Gasteiger partial charge in [0.2, 0.25) is 11.8 Å². The zero-order valence-electron chi connectivity index (χ0n) is 41.3. The Kier molecular flexibility index (Phi) is 13.2. The van der Waals surface area contributed by atoms with Crippen LogP contribution in [0, 0.1) is 25.6 Å². The van der Waals surface area contributed by atoms with Gasteiger partial charge in [-0.1, -0.05) is 18.2 Å². The summed E-state index contributed by atoms with van der Waals surface area (Å²) >= 11 is 0. The maximum Gasteiger partial charge on any atom is 0.329 e. The molecule has 3 amide bonds. The number of imide groups is 1. The van der Waals surface area contributed by atoms with E-state index < -0.39 is 11.9 Å². The SMILES string of the molecule is CNc1ccn(-c2ccnc3cc(C)c([C@H](C)N4CC=C(c5c(C)cc(C(=O)N6CCC(CN7CCC=C(c8ccc9c(c8)n(C)c(=O)n9[C@@H]8CCC(=O)NC8=O)CC7)CC6)cc5F)CC4)cc23)c(=O)c1. The molecular formula is C56H62FN9O5. The molecule has 14 nitrogen and oxygen atoms in total. The van der Waals surface area contributed by atoms with Crippen LogP contribution in [0.2, 0.25) is 0 Å². The fourth-order valence-electron chi connectivity index (χ4n) is 11.5. The van der Waals surface area contributed by atoms with Crippen molar-refractivity contribution < 1.29 is 18.8 Å². The Bertz CT molecular complexity index is 3280. The molecule has 0 saturated carbocycles. The summed E-state index contributed by atoms with van der Waals surface area (Å²) in [5.74, 6) is -0.780. The highest BCUT2D eigenvalue weighted by Crippen LogP contribution is 2.36. The predicted octanol–water partition coefficient (Wildman–Crippen LogP) is 7.70. The molecule has 6 aromatic rings. The molecule has 4 aliphatic rings. The zero-order valence-corrected chi connectivity index (χ0v) is 41.3. The highest BCUT2D eigenvalue weighted by atomic mass is 19.1. The van der Waals surface area contributed by atoms with Gasteiger partial charge in [-0.2, -0.15) is 0 Å². The van der Waals surface area contributed by atoms with E-state index in [-0.39, 0.29) is 41.3 Å². The van der Waals surface area contributed by atoms with Crippen molar-refractivity contribution in [2.24, 2.45) is 13.0 Å². The van der Waals surface area contributed by atoms with E-state index in [1.54, 1.807) is 41.7 Å². The first-order chi connectivity index (χ1) is 34.3. The van der Waals surface area contributed by atoms with E-state index in [1.165, 1.54) is 16.2 Å². The summed E-state index contributed by atoms with van der Waals surface area (Å²) in [6, 6.07) is 18.2. The largest absolute Gasteiger partial charge is 0.388 e. The molecule has 0 bridgehead atoms. The number of aryl methyl sites for hydroxylation is 3. The summed E-state index contributed by atoms with van der Waals surface area (Å²) < 4.78 is 20.9. The molecule has 2 fully saturated rings. The van der Waals surface area contributed by atoms with E-state index in [4.69, 9.17) is 0 Å². The van der Waals surface area contributed by atoms with Crippen LogP contribution in [0.3, 0.4) is 0 Å². The monoisotopic (exact) mass is 959 g/mol. The summed E-state index contributed by atoms with van der Waals surface area (Å²) in [4.78, 5) is 76.2. The van der Waals surface area contributed by atoms with Crippen LogP contribution in [0.5, 0.6) is 0 Å². The first-order valence-electron chi connectivity index (χ1n) is 25.1. The maximum absolute atomic E-state index is 16.2. The zero-order chi connectivity index (χ0) is 49.7. The molecule has 10 rings (SSSR count). The first kappa shape index (κ1) is 47.7. The van der Waals surface area contributed by atoms with Crippen molar-refractivity contribution in [1.29, 1.82) is 0 Å². The lowest BCUT2D eigenvalue weighted by atomic mass is 9.91. The molecule has 15 heteroatoms. The number of benzene rings is 3. The van der Waals surface area contributed by atoms with Crippen molar-refractivity contribution in [3.05, 3.63) is 145 Å². The fraction of sp³-hybridized carbons (Fsp3) is 0.393. The van der Waals surface area contributed by atoms with E-state index in [9.17, 15) is 24.0 Å². The third-order valence-corrected chi connectivity index (χ3v) is 15.6. The minimum Gasteiger partial charge on any atom is -0.388 e. The lowest BCUT2D eigenvalue weighted by Gasteiger charge is -2.35. The number of imidazole rings is 1. The number of carbonyl (C=O) groups is 3. The summed E-state index contributed by atoms with van der Waals surface area (Å²) in [5, 5.41) is 6.31. The number of halogens is 1. The number of amides is 3. The quantitative estimate of drug-likeness (QED) is 0.132. The number of likely N-dealkylation sites (tertiary alicyclic amines) is 1. The Morgan fingerprint density at radius 1 is 0.859 bits per heavy atom. The molecule has 0 unspecified atom stereocenters. The summed E-state index contributed by atoms with van der Waals surface area (Å²) in [6.45, 7) is 11.6. The smallest absolute Gasteiger partial charge is 0.329 e. The lowest BCUT2D eigenvalue weighted by molar-refractivity contribution is -0.135. The van der Waals surface area contributed by atoms with Crippen LogP contribution in [0.4, 0.5) is 10.1 Å². The number of anilines is 1. The van der Waals surface area contributed by atoms with E-state index in [2.05, 4.69) is 63.5 Å². The lowest BCUT2D eigenvalue weighted by Crippen LogP contribution is -2.44. The number of aromatic nitrogens is 4. The molecule has 3 aromatic carbocycles. The molecular weight excluding hydrogens is 898 g/mol. The van der Waals surface area contributed by atoms with E-state index >= 15 is 4.39 Å². The van der Waals surface area contributed by atoms with Crippen LogP contribution >= 0.6 is 0 Å². The standard InChI is InChI=1S/C56H62FN9O5/c1-34-28-46-44(47(12-19-59-46)65-26-18-42(58-4)31-52(65)68)32-43(34)36(3)63-24-16-39(17-25-63)53-35(2)27-41(29-45(53)57)55(70)64-22-13-37(14-23-64)33-62-20-6-7-38(15-21-62)40-8-9-48-50(30-40)61(5)56(71)66(48)49-10-11-51(67)60-54(49)69/h7-9,12,16,18-19,26-32,36-37,49,58H,6,10-11,13-15,17,20-25,33H2,1-5H3,(H,60,67,69)/t36-,49+/m0/s1. The van der Waals surface area contributed by atoms with Crippen molar-refractivity contribution >= 4 is 56.5 Å². The number of hydrogen-bond acceptors (Lipinski definition) is 9. The van der Waals surface area contributed by atoms with Crippen LogP contribution in [-0.4, -0.2) is 104 Å². The molecule has 3 aromatic heterocycles. The van der Waals surface area contributed by atoms with Crippen LogP contribution in [0.1, 0.15) is 102 Å². The van der Waals surface area contributed by atoms with Gasteiger partial charge in [0.15, 0.2) is 0 Å². The van der Waals surface area contributed by atoms with Gasteiger partial charge in [-0.3, -0.25) is 48.1 Å². The second-order valence-corrected chi connectivity index (χ2v) is 19.9. The summed E-state index contributed by atoms with van der Waals surface area (Å²) in [5.41, 5.74) is 10.7.